The number of nitrogens with one attached hydrogen (secondary N) is 1. The highest BCUT2D eigenvalue weighted by atomic mass is 19.1. The highest BCUT2D eigenvalue weighted by Crippen LogP contribution is 2.19. The predicted molar refractivity (Wildman–Crippen MR) is 59.3 cm³/mol. The van der Waals surface area contributed by atoms with Crippen LogP contribution in [0.3, 0.4) is 0 Å². The Labute approximate surface area is 101 Å². The fourth-order valence-corrected chi connectivity index (χ4v) is 1.40. The molecule has 6 nitrogen and oxygen atoms in total. The van der Waals surface area contributed by atoms with Crippen LogP contribution in [0.5, 0.6) is 0 Å². The van der Waals surface area contributed by atoms with Crippen molar-refractivity contribution in [1.82, 2.24) is 15.5 Å². The van der Waals surface area contributed by atoms with E-state index in [9.17, 15) is 9.18 Å². The number of hydrogen-bond donors (Lipinski definition) is 2. The normalized spacial score (nSPS) is 12.1. The highest BCUT2D eigenvalue weighted by molar-refractivity contribution is 5.64. The molecule has 0 bridgehead atoms. The van der Waals surface area contributed by atoms with E-state index in [1.807, 2.05) is 0 Å². The molecule has 18 heavy (non-hydrogen) atoms. The van der Waals surface area contributed by atoms with Gasteiger partial charge in [-0.15, -0.1) is 0 Å². The average Bonchev–Trinajstić information content (AvgIpc) is 2.77. The highest BCUT2D eigenvalue weighted by Gasteiger charge is 2.16. The van der Waals surface area contributed by atoms with Gasteiger partial charge in [-0.3, -0.25) is 0 Å². The van der Waals surface area contributed by atoms with Crippen LogP contribution in [0.15, 0.2) is 28.8 Å². The number of aromatic nitrogens is 2. The molecular formula is C11H10FN3O3. The van der Waals surface area contributed by atoms with Crippen molar-refractivity contribution in [3.05, 3.63) is 36.0 Å². The molecule has 1 aromatic carbocycles. The minimum Gasteiger partial charge on any atom is -0.465 e. The van der Waals surface area contributed by atoms with E-state index >= 15 is 0 Å². The molecule has 0 saturated carbocycles. The molecule has 0 aliphatic rings. The Morgan fingerprint density at radius 2 is 2.33 bits per heavy atom. The summed E-state index contributed by atoms with van der Waals surface area (Å²) >= 11 is 0. The third-order valence-corrected chi connectivity index (χ3v) is 2.23. The topological polar surface area (TPSA) is 88.2 Å². The molecule has 94 valence electrons. The van der Waals surface area contributed by atoms with Gasteiger partial charge in [0.2, 0.25) is 11.7 Å². The Balaban J connectivity index is 2.22. The van der Waals surface area contributed by atoms with Crippen molar-refractivity contribution in [3.63, 3.8) is 0 Å². The number of hydrogen-bond acceptors (Lipinski definition) is 4. The lowest BCUT2D eigenvalue weighted by atomic mass is 10.2. The SMILES string of the molecule is CC(NC(=O)O)c1nc(-c2cccc(F)c2)no1. The first kappa shape index (κ1) is 12.0. The number of benzene rings is 1. The Morgan fingerprint density at radius 1 is 1.56 bits per heavy atom. The molecule has 1 amide bonds. The van der Waals surface area contributed by atoms with E-state index < -0.39 is 18.0 Å². The van der Waals surface area contributed by atoms with Crippen LogP contribution >= 0.6 is 0 Å². The summed E-state index contributed by atoms with van der Waals surface area (Å²) < 4.78 is 17.9. The average molecular weight is 251 g/mol. The van der Waals surface area contributed by atoms with Gasteiger partial charge in [-0.1, -0.05) is 17.3 Å². The second kappa shape index (κ2) is 4.82. The molecule has 0 saturated heterocycles. The standard InChI is InChI=1S/C11H10FN3O3/c1-6(13-11(16)17)10-14-9(15-18-10)7-3-2-4-8(12)5-7/h2-6,13H,1H3,(H,16,17). The molecule has 0 fully saturated rings. The fraction of sp³-hybridized carbons (Fsp3) is 0.182. The van der Waals surface area contributed by atoms with E-state index in [-0.39, 0.29) is 11.7 Å². The van der Waals surface area contributed by atoms with Gasteiger partial charge in [0.1, 0.15) is 11.9 Å². The third kappa shape index (κ3) is 2.62. The predicted octanol–water partition coefficient (Wildman–Crippen LogP) is 2.20. The number of carboxylic acid groups (broad SMARTS) is 1. The summed E-state index contributed by atoms with van der Waals surface area (Å²) in [4.78, 5) is 14.5. The summed E-state index contributed by atoms with van der Waals surface area (Å²) in [6, 6.07) is 5.10. The van der Waals surface area contributed by atoms with E-state index in [0.717, 1.165) is 0 Å². The third-order valence-electron chi connectivity index (χ3n) is 2.23. The Morgan fingerprint density at radius 3 is 3.00 bits per heavy atom. The van der Waals surface area contributed by atoms with Crippen molar-refractivity contribution < 1.29 is 18.8 Å². The van der Waals surface area contributed by atoms with Gasteiger partial charge in [0.25, 0.3) is 0 Å². The summed E-state index contributed by atoms with van der Waals surface area (Å²) in [7, 11) is 0. The molecule has 2 rings (SSSR count). The minimum absolute atomic E-state index is 0.122. The van der Waals surface area contributed by atoms with E-state index in [1.54, 1.807) is 13.0 Å². The quantitative estimate of drug-likeness (QED) is 0.873. The molecular weight excluding hydrogens is 241 g/mol. The van der Waals surface area contributed by atoms with Crippen LogP contribution < -0.4 is 5.32 Å². The summed E-state index contributed by atoms with van der Waals surface area (Å²) in [6.07, 6.45) is -1.19. The van der Waals surface area contributed by atoms with E-state index in [1.165, 1.54) is 18.2 Å². The van der Waals surface area contributed by atoms with E-state index in [4.69, 9.17) is 9.63 Å². The number of carbonyl (C=O) groups is 1. The van der Waals surface area contributed by atoms with Crippen LogP contribution in [-0.4, -0.2) is 21.3 Å². The maximum Gasteiger partial charge on any atom is 0.405 e. The van der Waals surface area contributed by atoms with Gasteiger partial charge >= 0.3 is 6.09 Å². The lowest BCUT2D eigenvalue weighted by molar-refractivity contribution is 0.187. The maximum atomic E-state index is 13.0. The first-order valence-corrected chi connectivity index (χ1v) is 5.15. The molecule has 1 atom stereocenters. The summed E-state index contributed by atoms with van der Waals surface area (Å²) in [5.74, 6) is -0.0734. The molecule has 1 unspecified atom stereocenters. The van der Waals surface area contributed by atoms with Gasteiger partial charge in [0.15, 0.2) is 0 Å². The molecule has 2 N–H and O–H groups in total. The van der Waals surface area contributed by atoms with Crippen molar-refractivity contribution in [2.75, 3.05) is 0 Å². The molecule has 0 radical (unpaired) electrons. The summed E-state index contributed by atoms with van der Waals surface area (Å²) in [5.41, 5.74) is 0.465. The lowest BCUT2D eigenvalue weighted by Gasteiger charge is -2.04. The Kier molecular flexibility index (Phi) is 3.22. The van der Waals surface area contributed by atoms with Crippen molar-refractivity contribution in [2.45, 2.75) is 13.0 Å². The number of amides is 1. The van der Waals surface area contributed by atoms with Crippen molar-refractivity contribution in [1.29, 1.82) is 0 Å². The Bertz CT molecular complexity index is 570. The molecule has 0 aliphatic carbocycles. The van der Waals surface area contributed by atoms with Gasteiger partial charge in [-0.25, -0.2) is 9.18 Å². The Hall–Kier alpha value is -2.44. The molecule has 0 aliphatic heterocycles. The molecule has 0 spiro atoms. The minimum atomic E-state index is -1.19. The number of halogens is 1. The summed E-state index contributed by atoms with van der Waals surface area (Å²) in [6.45, 7) is 1.57. The van der Waals surface area contributed by atoms with Crippen molar-refractivity contribution >= 4 is 6.09 Å². The van der Waals surface area contributed by atoms with Crippen LogP contribution in [0.1, 0.15) is 18.9 Å². The van der Waals surface area contributed by atoms with Crippen LogP contribution in [0.2, 0.25) is 0 Å². The van der Waals surface area contributed by atoms with Crippen LogP contribution in [0, 0.1) is 5.82 Å². The largest absolute Gasteiger partial charge is 0.465 e. The van der Waals surface area contributed by atoms with Crippen LogP contribution in [0.25, 0.3) is 11.4 Å². The monoisotopic (exact) mass is 251 g/mol. The second-order valence-corrected chi connectivity index (χ2v) is 3.64. The van der Waals surface area contributed by atoms with Gasteiger partial charge in [0.05, 0.1) is 0 Å². The zero-order chi connectivity index (χ0) is 13.1. The molecule has 1 heterocycles. The first-order valence-electron chi connectivity index (χ1n) is 5.15. The number of rotatable bonds is 3. The van der Waals surface area contributed by atoms with Crippen molar-refractivity contribution in [2.24, 2.45) is 0 Å². The molecule has 1 aromatic heterocycles. The van der Waals surface area contributed by atoms with Gasteiger partial charge in [-0.2, -0.15) is 4.98 Å². The molecule has 2 aromatic rings. The van der Waals surface area contributed by atoms with Gasteiger partial charge in [0, 0.05) is 5.56 Å². The molecule has 7 heteroatoms. The van der Waals surface area contributed by atoms with Crippen LogP contribution in [0.4, 0.5) is 9.18 Å². The zero-order valence-corrected chi connectivity index (χ0v) is 9.42. The van der Waals surface area contributed by atoms with E-state index in [2.05, 4.69) is 15.5 Å². The first-order chi connectivity index (χ1) is 8.56. The van der Waals surface area contributed by atoms with Crippen LogP contribution in [-0.2, 0) is 0 Å². The lowest BCUT2D eigenvalue weighted by Crippen LogP contribution is -2.24. The summed E-state index contributed by atoms with van der Waals surface area (Å²) in [5, 5.41) is 14.4. The smallest absolute Gasteiger partial charge is 0.405 e. The second-order valence-electron chi connectivity index (χ2n) is 3.64. The van der Waals surface area contributed by atoms with Crippen molar-refractivity contribution in [3.8, 4) is 11.4 Å². The van der Waals surface area contributed by atoms with Gasteiger partial charge < -0.3 is 14.9 Å². The zero-order valence-electron chi connectivity index (χ0n) is 9.42. The van der Waals surface area contributed by atoms with Gasteiger partial charge in [-0.05, 0) is 19.1 Å². The maximum absolute atomic E-state index is 13.0. The fourth-order valence-electron chi connectivity index (χ4n) is 1.40. The number of nitrogens with zero attached hydrogens (tertiary/aromatic N) is 2. The van der Waals surface area contributed by atoms with E-state index in [0.29, 0.717) is 5.56 Å².